The third kappa shape index (κ3) is 4.72. The smallest absolute Gasteiger partial charge is 0.318 e. The predicted molar refractivity (Wildman–Crippen MR) is 125 cm³/mol. The SMILES string of the molecule is C[C@@](CCN1Cc2cc(C#CC#CC3CN(C4CCCC4)C3)cn2C1=O)(C(=O)NO)S(C)(=O)=O. The molecule has 2 N–H and O–H groups in total. The zero-order valence-electron chi connectivity index (χ0n) is 19.5. The van der Waals surface area contributed by atoms with Crippen molar-refractivity contribution in [2.24, 2.45) is 5.92 Å². The van der Waals surface area contributed by atoms with E-state index in [1.807, 2.05) is 6.07 Å². The van der Waals surface area contributed by atoms with Gasteiger partial charge in [-0.1, -0.05) is 24.7 Å². The van der Waals surface area contributed by atoms with E-state index in [0.29, 0.717) is 11.5 Å². The summed E-state index contributed by atoms with van der Waals surface area (Å²) in [5, 5.41) is 8.94. The van der Waals surface area contributed by atoms with Gasteiger partial charge in [0.25, 0.3) is 5.91 Å². The number of hydrogen-bond acceptors (Lipinski definition) is 6. The van der Waals surface area contributed by atoms with Gasteiger partial charge in [-0.3, -0.25) is 19.5 Å². The Balaban J connectivity index is 1.31. The van der Waals surface area contributed by atoms with Crippen LogP contribution < -0.4 is 5.48 Å². The lowest BCUT2D eigenvalue weighted by Gasteiger charge is -2.40. The third-order valence-electron chi connectivity index (χ3n) is 7.28. The first-order valence-electron chi connectivity index (χ1n) is 11.5. The molecule has 3 heterocycles. The Morgan fingerprint density at radius 1 is 1.26 bits per heavy atom. The highest BCUT2D eigenvalue weighted by molar-refractivity contribution is 7.92. The molecule has 10 heteroatoms. The van der Waals surface area contributed by atoms with Gasteiger partial charge in [0.2, 0.25) is 0 Å². The number of amides is 2. The molecule has 1 saturated heterocycles. The second-order valence-electron chi connectivity index (χ2n) is 9.60. The van der Waals surface area contributed by atoms with Crippen LogP contribution in [-0.4, -0.2) is 76.6 Å². The second kappa shape index (κ2) is 9.46. The fourth-order valence-corrected chi connectivity index (χ4v) is 5.66. The first-order valence-corrected chi connectivity index (χ1v) is 13.4. The minimum Gasteiger partial charge on any atom is -0.318 e. The summed E-state index contributed by atoms with van der Waals surface area (Å²) in [6.45, 7) is 3.62. The van der Waals surface area contributed by atoms with E-state index in [2.05, 4.69) is 28.6 Å². The molecule has 9 nitrogen and oxygen atoms in total. The Morgan fingerprint density at radius 2 is 1.97 bits per heavy atom. The van der Waals surface area contributed by atoms with Crippen molar-refractivity contribution >= 4 is 21.8 Å². The Hall–Kier alpha value is -2.79. The fraction of sp³-hybridized carbons (Fsp3) is 0.583. The number of nitrogens with one attached hydrogen (secondary N) is 1. The number of rotatable bonds is 6. The number of likely N-dealkylation sites (tertiary alicyclic amines) is 1. The van der Waals surface area contributed by atoms with Crippen LogP contribution in [0.5, 0.6) is 0 Å². The molecule has 1 aromatic heterocycles. The van der Waals surface area contributed by atoms with Crippen LogP contribution in [0.3, 0.4) is 0 Å². The molecule has 1 atom stereocenters. The van der Waals surface area contributed by atoms with Gasteiger partial charge >= 0.3 is 6.03 Å². The first kappa shape index (κ1) is 24.3. The summed E-state index contributed by atoms with van der Waals surface area (Å²) in [4.78, 5) is 28.7. The molecule has 0 unspecified atom stereocenters. The molecule has 1 saturated carbocycles. The van der Waals surface area contributed by atoms with Gasteiger partial charge in [0.1, 0.15) is 0 Å². The summed E-state index contributed by atoms with van der Waals surface area (Å²) in [7, 11) is -3.82. The van der Waals surface area contributed by atoms with E-state index in [0.717, 1.165) is 31.1 Å². The molecule has 2 amide bonds. The molecule has 0 spiro atoms. The van der Waals surface area contributed by atoms with Crippen molar-refractivity contribution < 1.29 is 23.2 Å². The van der Waals surface area contributed by atoms with Crippen molar-refractivity contribution in [2.45, 2.75) is 56.4 Å². The monoisotopic (exact) mass is 486 g/mol. The minimum atomic E-state index is -3.82. The summed E-state index contributed by atoms with van der Waals surface area (Å²) in [6, 6.07) is 2.25. The Kier molecular flexibility index (Phi) is 6.77. The quantitative estimate of drug-likeness (QED) is 0.355. The number of fused-ring (bicyclic) bond motifs is 1. The van der Waals surface area contributed by atoms with Crippen LogP contribution in [0.1, 0.15) is 50.3 Å². The van der Waals surface area contributed by atoms with E-state index in [1.165, 1.54) is 47.6 Å². The fourth-order valence-electron chi connectivity index (χ4n) is 4.81. The number of hydroxylamine groups is 1. The van der Waals surface area contributed by atoms with Gasteiger partial charge in [-0.25, -0.2) is 18.7 Å². The molecule has 3 aliphatic rings. The maximum Gasteiger partial charge on any atom is 0.328 e. The van der Waals surface area contributed by atoms with Gasteiger partial charge in [-0.05, 0) is 44.1 Å². The molecule has 1 aliphatic carbocycles. The van der Waals surface area contributed by atoms with Crippen LogP contribution in [0.4, 0.5) is 4.79 Å². The van der Waals surface area contributed by atoms with Crippen LogP contribution in [0.2, 0.25) is 0 Å². The van der Waals surface area contributed by atoms with Gasteiger partial charge in [-0.2, -0.15) is 0 Å². The molecule has 0 bridgehead atoms. The van der Waals surface area contributed by atoms with E-state index in [1.54, 1.807) is 6.20 Å². The van der Waals surface area contributed by atoms with Crippen LogP contribution in [-0.2, 0) is 21.2 Å². The van der Waals surface area contributed by atoms with Crippen molar-refractivity contribution in [3.05, 3.63) is 23.5 Å². The van der Waals surface area contributed by atoms with Crippen LogP contribution in [0, 0.1) is 29.6 Å². The maximum atomic E-state index is 12.7. The highest BCUT2D eigenvalue weighted by Gasteiger charge is 2.44. The topological polar surface area (TPSA) is 112 Å². The number of aromatic nitrogens is 1. The van der Waals surface area contributed by atoms with E-state index < -0.39 is 20.5 Å². The minimum absolute atomic E-state index is 0.0449. The largest absolute Gasteiger partial charge is 0.328 e. The molecule has 0 radical (unpaired) electrons. The van der Waals surface area contributed by atoms with Gasteiger partial charge in [0, 0.05) is 55.3 Å². The van der Waals surface area contributed by atoms with Gasteiger partial charge in [-0.15, -0.1) is 0 Å². The number of sulfone groups is 1. The van der Waals surface area contributed by atoms with Gasteiger partial charge < -0.3 is 4.90 Å². The molecule has 182 valence electrons. The summed E-state index contributed by atoms with van der Waals surface area (Å²) in [5.41, 5.74) is 2.85. The summed E-state index contributed by atoms with van der Waals surface area (Å²) in [5.74, 6) is 11.4. The third-order valence-corrected chi connectivity index (χ3v) is 9.31. The number of hydrogen-bond donors (Lipinski definition) is 2. The molecule has 2 aliphatic heterocycles. The molecule has 4 rings (SSSR count). The maximum absolute atomic E-state index is 12.7. The molecular formula is C24H30N4O5S. The standard InChI is InChI=1S/C24H30N4O5S/c1-24(22(29)25-31,34(2,32)33)11-12-26-17-21-13-18(16-28(21)23(26)30)7-3-4-8-19-14-27(15-19)20-9-5-6-10-20/h13,16,19-20,31H,5-6,9-12,14-15,17H2,1-2H3,(H,25,29)/t24-/m1/s1. The molecule has 34 heavy (non-hydrogen) atoms. The number of carbonyl (C=O) groups excluding carboxylic acids is 2. The average Bonchev–Trinajstić information content (AvgIpc) is 3.48. The van der Waals surface area contributed by atoms with E-state index >= 15 is 0 Å². The van der Waals surface area contributed by atoms with E-state index in [-0.39, 0.29) is 25.5 Å². The molecular weight excluding hydrogens is 456 g/mol. The summed E-state index contributed by atoms with van der Waals surface area (Å²) < 4.78 is 23.9. The number of carbonyl (C=O) groups is 2. The summed E-state index contributed by atoms with van der Waals surface area (Å²) in [6.07, 6.45) is 7.73. The average molecular weight is 487 g/mol. The van der Waals surface area contributed by atoms with Crippen molar-refractivity contribution in [3.63, 3.8) is 0 Å². The lowest BCUT2D eigenvalue weighted by atomic mass is 9.97. The van der Waals surface area contributed by atoms with Crippen molar-refractivity contribution in [3.8, 4) is 23.7 Å². The van der Waals surface area contributed by atoms with Crippen LogP contribution in [0.15, 0.2) is 12.3 Å². The molecule has 2 fully saturated rings. The highest BCUT2D eigenvalue weighted by atomic mass is 32.2. The molecule has 1 aromatic rings. The second-order valence-corrected chi connectivity index (χ2v) is 12.0. The zero-order valence-corrected chi connectivity index (χ0v) is 20.3. The Labute approximate surface area is 200 Å². The van der Waals surface area contributed by atoms with Crippen molar-refractivity contribution in [1.29, 1.82) is 0 Å². The predicted octanol–water partition coefficient (Wildman–Crippen LogP) is 1.20. The van der Waals surface area contributed by atoms with E-state index in [4.69, 9.17) is 5.21 Å². The highest BCUT2D eigenvalue weighted by Crippen LogP contribution is 2.29. The first-order chi connectivity index (χ1) is 16.1. The van der Waals surface area contributed by atoms with E-state index in [9.17, 15) is 18.0 Å². The van der Waals surface area contributed by atoms with Crippen molar-refractivity contribution in [2.75, 3.05) is 25.9 Å². The van der Waals surface area contributed by atoms with Gasteiger partial charge in [0.15, 0.2) is 14.6 Å². The van der Waals surface area contributed by atoms with Crippen LogP contribution >= 0.6 is 0 Å². The summed E-state index contributed by atoms with van der Waals surface area (Å²) >= 11 is 0. The Morgan fingerprint density at radius 3 is 2.59 bits per heavy atom. The zero-order chi connectivity index (χ0) is 24.5. The lowest BCUT2D eigenvalue weighted by Crippen LogP contribution is -2.50. The number of nitrogens with zero attached hydrogens (tertiary/aromatic N) is 3. The molecule has 0 aromatic carbocycles. The Bertz CT molecular complexity index is 1200. The lowest BCUT2D eigenvalue weighted by molar-refractivity contribution is -0.131. The normalized spacial score (nSPS) is 20.6. The van der Waals surface area contributed by atoms with Crippen molar-refractivity contribution in [1.82, 2.24) is 19.8 Å². The van der Waals surface area contributed by atoms with Gasteiger partial charge in [0.05, 0.1) is 6.54 Å². The van der Waals surface area contributed by atoms with Crippen LogP contribution in [0.25, 0.3) is 0 Å².